The highest BCUT2D eigenvalue weighted by Crippen LogP contribution is 2.37. The number of carbonyl (C=O) groups excluding carboxylic acids is 1. The van der Waals surface area contributed by atoms with E-state index in [1.165, 1.54) is 12.7 Å². The summed E-state index contributed by atoms with van der Waals surface area (Å²) >= 11 is 0. The molecule has 1 N–H and O–H groups in total. The van der Waals surface area contributed by atoms with E-state index in [2.05, 4.69) is 38.2 Å². The number of hydrogen-bond acceptors (Lipinski definition) is 3. The van der Waals surface area contributed by atoms with Gasteiger partial charge in [0.25, 0.3) is 0 Å². The molecular weight excluding hydrogens is 226 g/mol. The summed E-state index contributed by atoms with van der Waals surface area (Å²) in [6.45, 7) is 6.44. The molecule has 0 saturated carbocycles. The van der Waals surface area contributed by atoms with Gasteiger partial charge < -0.3 is 10.1 Å². The van der Waals surface area contributed by atoms with Crippen LogP contribution >= 0.6 is 0 Å². The van der Waals surface area contributed by atoms with E-state index in [0.717, 1.165) is 12.1 Å². The Morgan fingerprint density at radius 1 is 1.33 bits per heavy atom. The molecule has 18 heavy (non-hydrogen) atoms. The van der Waals surface area contributed by atoms with Gasteiger partial charge in [0.05, 0.1) is 13.0 Å². The van der Waals surface area contributed by atoms with E-state index in [9.17, 15) is 4.79 Å². The molecule has 1 aliphatic heterocycles. The van der Waals surface area contributed by atoms with Gasteiger partial charge in [-0.25, -0.2) is 0 Å². The number of esters is 1. The van der Waals surface area contributed by atoms with Crippen molar-refractivity contribution in [3.8, 4) is 0 Å². The quantitative estimate of drug-likeness (QED) is 0.775. The second kappa shape index (κ2) is 4.63. The minimum atomic E-state index is -0.128. The molecule has 1 aromatic rings. The number of rotatable bonds is 1. The van der Waals surface area contributed by atoms with Crippen molar-refractivity contribution in [1.82, 2.24) is 0 Å². The first-order chi connectivity index (χ1) is 8.43. The highest BCUT2D eigenvalue weighted by molar-refractivity contribution is 5.76. The Hall–Kier alpha value is -1.51. The van der Waals surface area contributed by atoms with Crippen LogP contribution in [-0.2, 0) is 16.0 Å². The van der Waals surface area contributed by atoms with E-state index in [1.807, 2.05) is 12.1 Å². The fourth-order valence-corrected chi connectivity index (χ4v) is 2.65. The molecule has 0 aliphatic carbocycles. The Kier molecular flexibility index (Phi) is 3.33. The van der Waals surface area contributed by atoms with Crippen molar-refractivity contribution in [3.63, 3.8) is 0 Å². The van der Waals surface area contributed by atoms with E-state index < -0.39 is 0 Å². The van der Waals surface area contributed by atoms with Gasteiger partial charge >= 0.3 is 5.97 Å². The molecule has 2 atom stereocenters. The number of nitrogens with one attached hydrogen (secondary N) is 1. The Bertz CT molecular complexity index is 448. The standard InChI is InChI=1S/C15H21NO2/c1-15(2,3)13-11(14(17)18-4)9-10-7-5-6-8-12(10)16-13/h5-8,11,13,16H,9H2,1-4H3/t11-,13-/m1/s1. The third kappa shape index (κ3) is 2.35. The number of anilines is 1. The molecule has 0 bridgehead atoms. The van der Waals surface area contributed by atoms with Crippen LogP contribution in [0.1, 0.15) is 26.3 Å². The summed E-state index contributed by atoms with van der Waals surface area (Å²) in [6.07, 6.45) is 0.748. The Morgan fingerprint density at radius 3 is 2.61 bits per heavy atom. The fraction of sp³-hybridized carbons (Fsp3) is 0.533. The maximum absolute atomic E-state index is 12.0. The maximum atomic E-state index is 12.0. The van der Waals surface area contributed by atoms with Crippen molar-refractivity contribution >= 4 is 11.7 Å². The van der Waals surface area contributed by atoms with Gasteiger partial charge in [0, 0.05) is 11.7 Å². The molecule has 98 valence electrons. The molecular formula is C15H21NO2. The van der Waals surface area contributed by atoms with Gasteiger partial charge in [-0.2, -0.15) is 0 Å². The Balaban J connectivity index is 2.36. The molecule has 2 rings (SSSR count). The number of carbonyl (C=O) groups is 1. The second-order valence-corrected chi connectivity index (χ2v) is 5.98. The van der Waals surface area contributed by atoms with E-state index in [0.29, 0.717) is 0 Å². The predicted molar refractivity (Wildman–Crippen MR) is 72.5 cm³/mol. The number of methoxy groups -OCH3 is 1. The van der Waals surface area contributed by atoms with Crippen molar-refractivity contribution in [2.24, 2.45) is 11.3 Å². The minimum Gasteiger partial charge on any atom is -0.469 e. The summed E-state index contributed by atoms with van der Waals surface area (Å²) in [5.41, 5.74) is 2.33. The normalized spacial score (nSPS) is 22.9. The van der Waals surface area contributed by atoms with Crippen LogP contribution in [0.4, 0.5) is 5.69 Å². The van der Waals surface area contributed by atoms with Crippen LogP contribution in [-0.4, -0.2) is 19.1 Å². The largest absolute Gasteiger partial charge is 0.469 e. The molecule has 0 fully saturated rings. The zero-order valence-electron chi connectivity index (χ0n) is 11.5. The maximum Gasteiger partial charge on any atom is 0.311 e. The van der Waals surface area contributed by atoms with E-state index >= 15 is 0 Å². The molecule has 0 saturated heterocycles. The van der Waals surface area contributed by atoms with Crippen LogP contribution in [0, 0.1) is 11.3 Å². The van der Waals surface area contributed by atoms with Gasteiger partial charge in [0.1, 0.15) is 0 Å². The van der Waals surface area contributed by atoms with Crippen LogP contribution in [0.25, 0.3) is 0 Å². The molecule has 3 heteroatoms. The molecule has 1 aliphatic rings. The zero-order valence-corrected chi connectivity index (χ0v) is 11.5. The summed E-state index contributed by atoms with van der Waals surface area (Å²) in [5.74, 6) is -0.248. The lowest BCUT2D eigenvalue weighted by Crippen LogP contribution is -2.47. The predicted octanol–water partition coefficient (Wildman–Crippen LogP) is 2.86. The lowest BCUT2D eigenvalue weighted by atomic mass is 9.74. The van der Waals surface area contributed by atoms with Gasteiger partial charge in [0.15, 0.2) is 0 Å². The molecule has 0 unspecified atom stereocenters. The Labute approximate surface area is 109 Å². The monoisotopic (exact) mass is 247 g/mol. The summed E-state index contributed by atoms with van der Waals surface area (Å²) in [6, 6.07) is 8.26. The van der Waals surface area contributed by atoms with Crippen molar-refractivity contribution in [2.75, 3.05) is 12.4 Å². The SMILES string of the molecule is COC(=O)[C@@H]1Cc2ccccc2N[C@H]1C(C)(C)C. The molecule has 1 heterocycles. The van der Waals surface area contributed by atoms with Crippen molar-refractivity contribution in [3.05, 3.63) is 29.8 Å². The number of para-hydroxylation sites is 1. The summed E-state index contributed by atoms with van der Waals surface area (Å²) in [5, 5.41) is 3.50. The number of benzene rings is 1. The van der Waals surface area contributed by atoms with Gasteiger partial charge in [0.2, 0.25) is 0 Å². The van der Waals surface area contributed by atoms with E-state index in [4.69, 9.17) is 4.74 Å². The first-order valence-corrected chi connectivity index (χ1v) is 6.36. The van der Waals surface area contributed by atoms with Crippen LogP contribution in [0.2, 0.25) is 0 Å². The third-order valence-electron chi connectivity index (χ3n) is 3.61. The highest BCUT2D eigenvalue weighted by atomic mass is 16.5. The molecule has 1 aromatic carbocycles. The molecule has 0 spiro atoms. The molecule has 0 amide bonds. The summed E-state index contributed by atoms with van der Waals surface area (Å²) in [4.78, 5) is 12.0. The number of fused-ring (bicyclic) bond motifs is 1. The second-order valence-electron chi connectivity index (χ2n) is 5.98. The van der Waals surface area contributed by atoms with Gasteiger partial charge in [-0.3, -0.25) is 4.79 Å². The van der Waals surface area contributed by atoms with Crippen LogP contribution in [0.15, 0.2) is 24.3 Å². The number of hydrogen-bond donors (Lipinski definition) is 1. The topological polar surface area (TPSA) is 38.3 Å². The van der Waals surface area contributed by atoms with Gasteiger partial charge in [-0.05, 0) is 23.5 Å². The van der Waals surface area contributed by atoms with Crippen LogP contribution < -0.4 is 5.32 Å². The Morgan fingerprint density at radius 2 is 2.00 bits per heavy atom. The highest BCUT2D eigenvalue weighted by Gasteiger charge is 2.40. The lowest BCUT2D eigenvalue weighted by Gasteiger charge is -2.41. The smallest absolute Gasteiger partial charge is 0.311 e. The first kappa shape index (κ1) is 12.9. The van der Waals surface area contributed by atoms with E-state index in [-0.39, 0.29) is 23.3 Å². The lowest BCUT2D eigenvalue weighted by molar-refractivity contribution is -0.147. The van der Waals surface area contributed by atoms with Crippen molar-refractivity contribution < 1.29 is 9.53 Å². The third-order valence-corrected chi connectivity index (χ3v) is 3.61. The first-order valence-electron chi connectivity index (χ1n) is 6.36. The number of ether oxygens (including phenoxy) is 1. The van der Waals surface area contributed by atoms with Crippen LogP contribution in [0.3, 0.4) is 0 Å². The van der Waals surface area contributed by atoms with Crippen molar-refractivity contribution in [2.45, 2.75) is 33.2 Å². The minimum absolute atomic E-state index is 0.00634. The average Bonchev–Trinajstić information content (AvgIpc) is 2.35. The molecule has 0 aromatic heterocycles. The van der Waals surface area contributed by atoms with Gasteiger partial charge in [-0.15, -0.1) is 0 Å². The average molecular weight is 247 g/mol. The van der Waals surface area contributed by atoms with E-state index in [1.54, 1.807) is 0 Å². The zero-order chi connectivity index (χ0) is 13.3. The van der Waals surface area contributed by atoms with Crippen LogP contribution in [0.5, 0.6) is 0 Å². The molecule has 0 radical (unpaired) electrons. The van der Waals surface area contributed by atoms with Crippen molar-refractivity contribution in [1.29, 1.82) is 0 Å². The fourth-order valence-electron chi connectivity index (χ4n) is 2.65. The molecule has 3 nitrogen and oxygen atoms in total. The summed E-state index contributed by atoms with van der Waals surface area (Å²) in [7, 11) is 1.46. The van der Waals surface area contributed by atoms with Gasteiger partial charge in [-0.1, -0.05) is 39.0 Å². The summed E-state index contributed by atoms with van der Waals surface area (Å²) < 4.78 is 4.95.